The Morgan fingerprint density at radius 3 is 1.19 bits per heavy atom. The molecule has 4 unspecified atom stereocenters. The molecule has 1 nitrogen and oxygen atoms in total. The number of ether oxygens (including phenoxy) is 1. The van der Waals surface area contributed by atoms with Crippen LogP contribution < -0.4 is 0 Å². The Hall–Kier alpha value is -1.60. The van der Waals surface area contributed by atoms with Crippen LogP contribution in [0.4, 0.5) is 0 Å². The Bertz CT molecular complexity index is 654. The molecule has 0 aliphatic carbocycles. The van der Waals surface area contributed by atoms with Crippen LogP contribution in [0.3, 0.4) is 0 Å². The second-order valence-electron chi connectivity index (χ2n) is 8.90. The fraction of sp³-hybridized carbons (Fsp3) is 0.538. The Balaban J connectivity index is 2.50. The van der Waals surface area contributed by atoms with Gasteiger partial charge in [0.15, 0.2) is 0 Å². The molecule has 0 amide bonds. The van der Waals surface area contributed by atoms with Crippen LogP contribution >= 0.6 is 0 Å². The maximum atomic E-state index is 7.03. The number of hydrogen-bond donors (Lipinski definition) is 0. The van der Waals surface area contributed by atoms with Crippen molar-refractivity contribution in [1.82, 2.24) is 0 Å². The van der Waals surface area contributed by atoms with Gasteiger partial charge in [0, 0.05) is 0 Å². The van der Waals surface area contributed by atoms with Crippen molar-refractivity contribution in [3.63, 3.8) is 0 Å². The molecule has 0 heterocycles. The maximum Gasteiger partial charge on any atom is 0.0863 e. The minimum absolute atomic E-state index is 0.0945. The van der Waals surface area contributed by atoms with Crippen molar-refractivity contribution in [2.75, 3.05) is 0 Å². The molecule has 148 valence electrons. The Morgan fingerprint density at radius 2 is 0.889 bits per heavy atom. The van der Waals surface area contributed by atoms with Crippen LogP contribution in [0.25, 0.3) is 0 Å². The van der Waals surface area contributed by atoms with Gasteiger partial charge < -0.3 is 4.74 Å². The van der Waals surface area contributed by atoms with Gasteiger partial charge in [0.2, 0.25) is 0 Å². The van der Waals surface area contributed by atoms with E-state index in [-0.39, 0.29) is 12.2 Å². The van der Waals surface area contributed by atoms with Crippen LogP contribution in [-0.2, 0) is 4.74 Å². The Labute approximate surface area is 167 Å². The van der Waals surface area contributed by atoms with E-state index in [0.717, 1.165) is 0 Å². The molecule has 0 radical (unpaired) electrons. The summed E-state index contributed by atoms with van der Waals surface area (Å²) in [6.45, 7) is 18.3. The van der Waals surface area contributed by atoms with Gasteiger partial charge in [-0.2, -0.15) is 0 Å². The number of aryl methyl sites for hydroxylation is 2. The smallest absolute Gasteiger partial charge is 0.0863 e. The molecule has 4 atom stereocenters. The first-order valence-corrected chi connectivity index (χ1v) is 10.5. The van der Waals surface area contributed by atoms with E-state index in [1.54, 1.807) is 0 Å². The summed E-state index contributed by atoms with van der Waals surface area (Å²) in [6.07, 6.45) is 0.189. The highest BCUT2D eigenvalue weighted by atomic mass is 16.5. The molecule has 0 saturated carbocycles. The van der Waals surface area contributed by atoms with Crippen LogP contribution in [-0.4, -0.2) is 0 Å². The van der Waals surface area contributed by atoms with Crippen LogP contribution in [0.5, 0.6) is 0 Å². The highest BCUT2D eigenvalue weighted by Crippen LogP contribution is 2.42. The van der Waals surface area contributed by atoms with E-state index in [4.69, 9.17) is 4.74 Å². The van der Waals surface area contributed by atoms with Crippen molar-refractivity contribution in [1.29, 1.82) is 0 Å². The van der Waals surface area contributed by atoms with Crippen LogP contribution in [0, 0.1) is 37.5 Å². The van der Waals surface area contributed by atoms with Gasteiger partial charge in [-0.1, -0.05) is 90.1 Å². The van der Waals surface area contributed by atoms with Crippen LogP contribution in [0.15, 0.2) is 48.5 Å². The zero-order valence-electron chi connectivity index (χ0n) is 18.5. The van der Waals surface area contributed by atoms with Crippen molar-refractivity contribution in [2.24, 2.45) is 23.7 Å². The van der Waals surface area contributed by atoms with E-state index < -0.39 is 0 Å². The lowest BCUT2D eigenvalue weighted by Gasteiger charge is -2.36. The molecule has 0 aromatic heterocycles. The quantitative estimate of drug-likeness (QED) is 0.465. The largest absolute Gasteiger partial charge is 0.365 e. The van der Waals surface area contributed by atoms with Crippen molar-refractivity contribution in [3.05, 3.63) is 70.8 Å². The van der Waals surface area contributed by atoms with Crippen molar-refractivity contribution in [3.8, 4) is 0 Å². The third-order valence-electron chi connectivity index (χ3n) is 6.34. The summed E-state index contributed by atoms with van der Waals surface area (Å²) < 4.78 is 7.03. The van der Waals surface area contributed by atoms with E-state index >= 15 is 0 Å². The van der Waals surface area contributed by atoms with Crippen molar-refractivity contribution >= 4 is 0 Å². The van der Waals surface area contributed by atoms with Crippen molar-refractivity contribution < 1.29 is 4.74 Å². The Morgan fingerprint density at radius 1 is 0.556 bits per heavy atom. The fourth-order valence-corrected chi connectivity index (χ4v) is 3.63. The molecule has 2 rings (SSSR count). The second kappa shape index (κ2) is 9.55. The van der Waals surface area contributed by atoms with Gasteiger partial charge in [-0.25, -0.2) is 0 Å². The van der Waals surface area contributed by atoms with Gasteiger partial charge in [0.05, 0.1) is 12.2 Å². The monoisotopic (exact) mass is 366 g/mol. The van der Waals surface area contributed by atoms with Crippen LogP contribution in [0.2, 0.25) is 0 Å². The lowest BCUT2D eigenvalue weighted by molar-refractivity contribution is -0.0840. The number of hydrogen-bond acceptors (Lipinski definition) is 1. The average Bonchev–Trinajstić information content (AvgIpc) is 2.63. The molecule has 1 heteroatoms. The molecule has 0 bridgehead atoms. The highest BCUT2D eigenvalue weighted by Gasteiger charge is 2.32. The molecule has 2 aromatic carbocycles. The summed E-state index contributed by atoms with van der Waals surface area (Å²) >= 11 is 0. The van der Waals surface area contributed by atoms with E-state index in [2.05, 4.69) is 104 Å². The Kier molecular flexibility index (Phi) is 7.68. The number of benzene rings is 2. The molecule has 0 fully saturated rings. The number of rotatable bonds is 8. The fourth-order valence-electron chi connectivity index (χ4n) is 3.63. The summed E-state index contributed by atoms with van der Waals surface area (Å²) in [6, 6.07) is 17.4. The summed E-state index contributed by atoms with van der Waals surface area (Å²) in [4.78, 5) is 0. The first-order chi connectivity index (χ1) is 12.7. The summed E-state index contributed by atoms with van der Waals surface area (Å²) in [7, 11) is 0. The summed E-state index contributed by atoms with van der Waals surface area (Å²) in [5.41, 5.74) is 5.29. The molecule has 0 spiro atoms. The molecule has 0 aliphatic rings. The normalized spacial score (nSPS) is 16.4. The molecule has 27 heavy (non-hydrogen) atoms. The second-order valence-corrected chi connectivity index (χ2v) is 8.90. The predicted molar refractivity (Wildman–Crippen MR) is 117 cm³/mol. The minimum atomic E-state index is 0.0945. The molecule has 0 aliphatic heterocycles. The molecular weight excluding hydrogens is 328 g/mol. The van der Waals surface area contributed by atoms with E-state index in [9.17, 15) is 0 Å². The molecule has 0 saturated heterocycles. The zero-order valence-corrected chi connectivity index (χ0v) is 18.5. The topological polar surface area (TPSA) is 9.23 Å². The van der Waals surface area contributed by atoms with Gasteiger partial charge in [-0.3, -0.25) is 0 Å². The standard InChI is InChI=1S/C26H38O/c1-17(2)21(7)25(23-15-11-9-13-19(23)5)27-26(22(8)18(3)4)24-16-12-10-14-20(24)6/h9-18,21-22,25-26H,1-8H3. The third kappa shape index (κ3) is 5.23. The zero-order chi connectivity index (χ0) is 20.1. The van der Waals surface area contributed by atoms with Gasteiger partial charge in [-0.15, -0.1) is 0 Å². The van der Waals surface area contributed by atoms with E-state index in [0.29, 0.717) is 23.7 Å². The molecular formula is C26H38O. The minimum Gasteiger partial charge on any atom is -0.365 e. The summed E-state index contributed by atoms with van der Waals surface area (Å²) in [5, 5.41) is 0. The van der Waals surface area contributed by atoms with Crippen LogP contribution in [0.1, 0.15) is 76.0 Å². The maximum absolute atomic E-state index is 7.03. The lowest BCUT2D eigenvalue weighted by atomic mass is 9.83. The predicted octanol–water partition coefficient (Wildman–Crippen LogP) is 7.69. The molecule has 2 aromatic rings. The van der Waals surface area contributed by atoms with E-state index in [1.807, 2.05) is 0 Å². The SMILES string of the molecule is Cc1ccccc1C(OC(c1ccccc1C)C(C)C(C)C)C(C)C(C)C. The first kappa shape index (κ1) is 21.7. The first-order valence-electron chi connectivity index (χ1n) is 10.5. The highest BCUT2D eigenvalue weighted by molar-refractivity contribution is 5.31. The summed E-state index contributed by atoms with van der Waals surface area (Å²) in [5.74, 6) is 2.00. The van der Waals surface area contributed by atoms with Gasteiger partial charge in [0.25, 0.3) is 0 Å². The van der Waals surface area contributed by atoms with Gasteiger partial charge >= 0.3 is 0 Å². The lowest BCUT2D eigenvalue weighted by Crippen LogP contribution is -2.26. The average molecular weight is 367 g/mol. The van der Waals surface area contributed by atoms with Gasteiger partial charge in [-0.05, 0) is 59.8 Å². The molecule has 0 N–H and O–H groups in total. The van der Waals surface area contributed by atoms with E-state index in [1.165, 1.54) is 22.3 Å². The third-order valence-corrected chi connectivity index (χ3v) is 6.34. The van der Waals surface area contributed by atoms with Gasteiger partial charge in [0.1, 0.15) is 0 Å². The van der Waals surface area contributed by atoms with Crippen molar-refractivity contribution in [2.45, 2.75) is 67.6 Å².